The standard InChI is InChI=1S/C22H26N4O2S/c1-14(20-23-17-7-5-6-8-18(17)24-20)29-13-19(27)25-26-21(28)15-9-11-16(12-10-15)22(2,3)4/h5-12,14H,13H2,1-4H3,(H,23,24)(H,25,27)(H,26,28)/t14-/m1/s1. The van der Waals surface area contributed by atoms with E-state index in [1.54, 1.807) is 12.1 Å². The molecule has 6 nitrogen and oxygen atoms in total. The fourth-order valence-electron chi connectivity index (χ4n) is 2.80. The molecule has 3 aromatic rings. The van der Waals surface area contributed by atoms with Gasteiger partial charge in [0, 0.05) is 5.56 Å². The molecule has 1 heterocycles. The van der Waals surface area contributed by atoms with Gasteiger partial charge in [-0.15, -0.1) is 11.8 Å². The van der Waals surface area contributed by atoms with Crippen molar-refractivity contribution in [1.82, 2.24) is 20.8 Å². The zero-order valence-corrected chi connectivity index (χ0v) is 17.9. The zero-order chi connectivity index (χ0) is 21.0. The third-order valence-corrected chi connectivity index (χ3v) is 5.74. The molecule has 0 saturated heterocycles. The maximum Gasteiger partial charge on any atom is 0.269 e. The van der Waals surface area contributed by atoms with Crippen molar-refractivity contribution in [1.29, 1.82) is 0 Å². The Hall–Kier alpha value is -2.80. The molecule has 0 aliphatic rings. The van der Waals surface area contributed by atoms with Gasteiger partial charge < -0.3 is 4.98 Å². The number of thioether (sulfide) groups is 1. The number of hydrogen-bond donors (Lipinski definition) is 3. The van der Waals surface area contributed by atoms with Gasteiger partial charge in [0.05, 0.1) is 22.0 Å². The molecule has 0 aliphatic heterocycles. The van der Waals surface area contributed by atoms with E-state index in [1.807, 2.05) is 43.3 Å². The Morgan fingerprint density at radius 1 is 1.07 bits per heavy atom. The van der Waals surface area contributed by atoms with E-state index in [1.165, 1.54) is 11.8 Å². The number of carbonyl (C=O) groups excluding carboxylic acids is 2. The van der Waals surface area contributed by atoms with Crippen molar-refractivity contribution < 1.29 is 9.59 Å². The van der Waals surface area contributed by atoms with Gasteiger partial charge >= 0.3 is 0 Å². The summed E-state index contributed by atoms with van der Waals surface area (Å²) in [7, 11) is 0. The van der Waals surface area contributed by atoms with Gasteiger partial charge in [0.1, 0.15) is 5.82 Å². The van der Waals surface area contributed by atoms with Crippen LogP contribution in [0.5, 0.6) is 0 Å². The number of nitrogens with one attached hydrogen (secondary N) is 3. The lowest BCUT2D eigenvalue weighted by atomic mass is 9.87. The van der Waals surface area contributed by atoms with E-state index in [0.29, 0.717) is 5.56 Å². The highest BCUT2D eigenvalue weighted by Gasteiger charge is 2.16. The summed E-state index contributed by atoms with van der Waals surface area (Å²) >= 11 is 1.45. The Morgan fingerprint density at radius 3 is 2.41 bits per heavy atom. The normalized spacial score (nSPS) is 12.6. The molecule has 0 aliphatic carbocycles. The molecule has 0 bridgehead atoms. The SMILES string of the molecule is C[C@@H](SCC(=O)NNC(=O)c1ccc(C(C)(C)C)cc1)c1nc2ccccc2[nH]1. The summed E-state index contributed by atoms with van der Waals surface area (Å²) in [6, 6.07) is 15.2. The van der Waals surface area contributed by atoms with E-state index >= 15 is 0 Å². The Kier molecular flexibility index (Phi) is 6.27. The van der Waals surface area contributed by atoms with Crippen LogP contribution in [-0.2, 0) is 10.2 Å². The number of benzene rings is 2. The van der Waals surface area contributed by atoms with Crippen LogP contribution in [0, 0.1) is 0 Å². The molecule has 0 fully saturated rings. The molecule has 0 radical (unpaired) electrons. The van der Waals surface area contributed by atoms with Crippen LogP contribution in [0.15, 0.2) is 48.5 Å². The van der Waals surface area contributed by atoms with Crippen molar-refractivity contribution in [2.45, 2.75) is 38.4 Å². The van der Waals surface area contributed by atoms with Crippen LogP contribution in [0.1, 0.15) is 54.7 Å². The molecular weight excluding hydrogens is 384 g/mol. The molecule has 3 rings (SSSR count). The minimum Gasteiger partial charge on any atom is -0.341 e. The van der Waals surface area contributed by atoms with Gasteiger partial charge in [-0.1, -0.05) is 45.0 Å². The molecule has 2 amide bonds. The predicted molar refractivity (Wildman–Crippen MR) is 118 cm³/mol. The van der Waals surface area contributed by atoms with Crippen LogP contribution in [-0.4, -0.2) is 27.5 Å². The molecule has 0 spiro atoms. The number of fused-ring (bicyclic) bond motifs is 1. The van der Waals surface area contributed by atoms with Crippen LogP contribution in [0.3, 0.4) is 0 Å². The van der Waals surface area contributed by atoms with Crippen molar-refractivity contribution in [2.24, 2.45) is 0 Å². The van der Waals surface area contributed by atoms with E-state index < -0.39 is 0 Å². The van der Waals surface area contributed by atoms with Crippen molar-refractivity contribution in [2.75, 3.05) is 5.75 Å². The lowest BCUT2D eigenvalue weighted by Gasteiger charge is -2.19. The topological polar surface area (TPSA) is 86.9 Å². The Labute approximate surface area is 174 Å². The lowest BCUT2D eigenvalue weighted by molar-refractivity contribution is -0.119. The van der Waals surface area contributed by atoms with Crippen molar-refractivity contribution >= 4 is 34.6 Å². The van der Waals surface area contributed by atoms with Crippen LogP contribution in [0.2, 0.25) is 0 Å². The van der Waals surface area contributed by atoms with Gasteiger partial charge in [-0.3, -0.25) is 20.4 Å². The molecule has 0 unspecified atom stereocenters. The van der Waals surface area contributed by atoms with Crippen LogP contribution < -0.4 is 10.9 Å². The molecule has 152 valence electrons. The summed E-state index contributed by atoms with van der Waals surface area (Å²) in [5.41, 5.74) is 8.49. The molecule has 29 heavy (non-hydrogen) atoms. The monoisotopic (exact) mass is 410 g/mol. The minimum atomic E-state index is -0.339. The highest BCUT2D eigenvalue weighted by Crippen LogP contribution is 2.27. The van der Waals surface area contributed by atoms with Crippen molar-refractivity contribution in [3.63, 3.8) is 0 Å². The Bertz CT molecular complexity index is 973. The molecule has 1 atom stereocenters. The number of hydrogen-bond acceptors (Lipinski definition) is 4. The minimum absolute atomic E-state index is 0.0220. The first-order valence-electron chi connectivity index (χ1n) is 9.50. The van der Waals surface area contributed by atoms with E-state index in [-0.39, 0.29) is 28.2 Å². The van der Waals surface area contributed by atoms with Gasteiger partial charge in [-0.25, -0.2) is 4.98 Å². The molecule has 3 N–H and O–H groups in total. The first-order valence-corrected chi connectivity index (χ1v) is 10.5. The fraction of sp³-hybridized carbons (Fsp3) is 0.318. The third-order valence-electron chi connectivity index (χ3n) is 4.59. The van der Waals surface area contributed by atoms with Gasteiger partial charge in [0.15, 0.2) is 0 Å². The second-order valence-corrected chi connectivity index (χ2v) is 9.25. The number of aromatic amines is 1. The van der Waals surface area contributed by atoms with Crippen molar-refractivity contribution in [3.8, 4) is 0 Å². The lowest BCUT2D eigenvalue weighted by Crippen LogP contribution is -2.42. The number of hydrazine groups is 1. The number of amides is 2. The van der Waals surface area contributed by atoms with E-state index in [2.05, 4.69) is 41.6 Å². The van der Waals surface area contributed by atoms with Gasteiger partial charge in [0.2, 0.25) is 5.91 Å². The maximum atomic E-state index is 12.2. The number of nitrogens with zero attached hydrogens (tertiary/aromatic N) is 1. The van der Waals surface area contributed by atoms with Gasteiger partial charge in [0.25, 0.3) is 5.91 Å². The van der Waals surface area contributed by atoms with Crippen LogP contribution >= 0.6 is 11.8 Å². The summed E-state index contributed by atoms with van der Waals surface area (Å²) in [6.07, 6.45) is 0. The smallest absolute Gasteiger partial charge is 0.269 e. The summed E-state index contributed by atoms with van der Waals surface area (Å²) in [6.45, 7) is 8.34. The number of carbonyl (C=O) groups is 2. The second kappa shape index (κ2) is 8.69. The average Bonchev–Trinajstić information content (AvgIpc) is 3.14. The second-order valence-electron chi connectivity index (χ2n) is 7.92. The Morgan fingerprint density at radius 2 is 1.76 bits per heavy atom. The van der Waals surface area contributed by atoms with E-state index in [0.717, 1.165) is 22.4 Å². The number of aromatic nitrogens is 2. The first kappa shape index (κ1) is 20.9. The van der Waals surface area contributed by atoms with E-state index in [9.17, 15) is 9.59 Å². The summed E-state index contributed by atoms with van der Waals surface area (Å²) in [5, 5.41) is 0.0220. The zero-order valence-electron chi connectivity index (χ0n) is 17.1. The third kappa shape index (κ3) is 5.38. The average molecular weight is 411 g/mol. The number of imidazole rings is 1. The van der Waals surface area contributed by atoms with Crippen molar-refractivity contribution in [3.05, 3.63) is 65.5 Å². The predicted octanol–water partition coefficient (Wildman–Crippen LogP) is 4.12. The highest BCUT2D eigenvalue weighted by atomic mass is 32.2. The number of H-pyrrole nitrogens is 1. The Balaban J connectivity index is 1.47. The van der Waals surface area contributed by atoms with Crippen LogP contribution in [0.4, 0.5) is 0 Å². The van der Waals surface area contributed by atoms with Gasteiger partial charge in [-0.2, -0.15) is 0 Å². The molecule has 2 aromatic carbocycles. The maximum absolute atomic E-state index is 12.2. The first-order chi connectivity index (χ1) is 13.7. The molecule has 1 aromatic heterocycles. The fourth-order valence-corrected chi connectivity index (χ4v) is 3.54. The van der Waals surface area contributed by atoms with Gasteiger partial charge in [-0.05, 0) is 42.2 Å². The summed E-state index contributed by atoms with van der Waals surface area (Å²) in [5.74, 6) is 0.431. The van der Waals surface area contributed by atoms with E-state index in [4.69, 9.17) is 0 Å². The quantitative estimate of drug-likeness (QED) is 0.552. The number of rotatable bonds is 5. The summed E-state index contributed by atoms with van der Waals surface area (Å²) < 4.78 is 0. The summed E-state index contributed by atoms with van der Waals surface area (Å²) in [4.78, 5) is 32.1. The van der Waals surface area contributed by atoms with Crippen LogP contribution in [0.25, 0.3) is 11.0 Å². The molecule has 0 saturated carbocycles. The largest absolute Gasteiger partial charge is 0.341 e. The number of para-hydroxylation sites is 2. The molecule has 7 heteroatoms. The highest BCUT2D eigenvalue weighted by molar-refractivity contribution is 8.00. The molecular formula is C22H26N4O2S.